The van der Waals surface area contributed by atoms with E-state index < -0.39 is 0 Å². The molecule has 1 heterocycles. The maximum atomic E-state index is 12.9. The van der Waals surface area contributed by atoms with Gasteiger partial charge in [-0.25, -0.2) is 4.39 Å². The van der Waals surface area contributed by atoms with Gasteiger partial charge in [0.2, 0.25) is 0 Å². The van der Waals surface area contributed by atoms with Gasteiger partial charge in [-0.15, -0.1) is 0 Å². The Morgan fingerprint density at radius 3 is 2.23 bits per heavy atom. The third kappa shape index (κ3) is 4.17. The molecule has 2 aromatic rings. The van der Waals surface area contributed by atoms with Crippen molar-refractivity contribution in [3.05, 3.63) is 71.5 Å². The van der Waals surface area contributed by atoms with Gasteiger partial charge in [0.25, 0.3) is 0 Å². The van der Waals surface area contributed by atoms with Crippen LogP contribution in [-0.4, -0.2) is 18.0 Å². The van der Waals surface area contributed by atoms with E-state index in [9.17, 15) is 4.39 Å². The SMILES string of the molecule is CC.CC1CN(Cc2ccc(F)cc2)CC1c1ccccc1. The minimum Gasteiger partial charge on any atom is -0.298 e. The number of benzene rings is 2. The first kappa shape index (κ1) is 16.7. The molecule has 118 valence electrons. The maximum Gasteiger partial charge on any atom is 0.123 e. The largest absolute Gasteiger partial charge is 0.298 e. The topological polar surface area (TPSA) is 3.24 Å². The molecule has 0 spiro atoms. The first-order valence-electron chi connectivity index (χ1n) is 8.24. The molecule has 0 saturated carbocycles. The van der Waals surface area contributed by atoms with Crippen LogP contribution in [0.25, 0.3) is 0 Å². The number of halogens is 1. The molecule has 3 rings (SSSR count). The summed E-state index contributed by atoms with van der Waals surface area (Å²) in [6.45, 7) is 9.43. The third-order valence-electron chi connectivity index (χ3n) is 4.24. The second-order valence-corrected chi connectivity index (χ2v) is 5.82. The van der Waals surface area contributed by atoms with E-state index in [0.717, 1.165) is 19.6 Å². The van der Waals surface area contributed by atoms with Gasteiger partial charge in [0.1, 0.15) is 5.82 Å². The predicted octanol–water partition coefficient (Wildman–Crippen LogP) is 5.09. The first-order valence-corrected chi connectivity index (χ1v) is 8.24. The Bertz CT molecular complexity index is 550. The van der Waals surface area contributed by atoms with Crippen LogP contribution in [0.5, 0.6) is 0 Å². The van der Waals surface area contributed by atoms with Crippen LogP contribution in [0.2, 0.25) is 0 Å². The zero-order valence-electron chi connectivity index (χ0n) is 13.8. The van der Waals surface area contributed by atoms with Crippen LogP contribution in [-0.2, 0) is 6.54 Å². The lowest BCUT2D eigenvalue weighted by molar-refractivity contribution is 0.318. The van der Waals surface area contributed by atoms with E-state index in [4.69, 9.17) is 0 Å². The molecule has 0 aromatic heterocycles. The summed E-state index contributed by atoms with van der Waals surface area (Å²) in [7, 11) is 0. The summed E-state index contributed by atoms with van der Waals surface area (Å²) in [6, 6.07) is 17.6. The molecule has 1 aliphatic heterocycles. The van der Waals surface area contributed by atoms with Gasteiger partial charge >= 0.3 is 0 Å². The van der Waals surface area contributed by atoms with Crippen LogP contribution in [0.4, 0.5) is 4.39 Å². The highest BCUT2D eigenvalue weighted by atomic mass is 19.1. The smallest absolute Gasteiger partial charge is 0.123 e. The third-order valence-corrected chi connectivity index (χ3v) is 4.24. The average molecular weight is 299 g/mol. The van der Waals surface area contributed by atoms with Gasteiger partial charge < -0.3 is 0 Å². The summed E-state index contributed by atoms with van der Waals surface area (Å²) >= 11 is 0. The minimum atomic E-state index is -0.161. The van der Waals surface area contributed by atoms with Gasteiger partial charge in [-0.3, -0.25) is 4.90 Å². The second-order valence-electron chi connectivity index (χ2n) is 5.82. The van der Waals surface area contributed by atoms with Crippen molar-refractivity contribution in [2.45, 2.75) is 33.2 Å². The molecule has 1 nitrogen and oxygen atoms in total. The Morgan fingerprint density at radius 1 is 0.955 bits per heavy atom. The Hall–Kier alpha value is -1.67. The molecule has 0 aliphatic carbocycles. The van der Waals surface area contributed by atoms with Crippen molar-refractivity contribution >= 4 is 0 Å². The summed E-state index contributed by atoms with van der Waals surface area (Å²) in [5.74, 6) is 1.11. The molecule has 2 atom stereocenters. The van der Waals surface area contributed by atoms with Crippen LogP contribution >= 0.6 is 0 Å². The lowest BCUT2D eigenvalue weighted by atomic mass is 9.90. The highest BCUT2D eigenvalue weighted by molar-refractivity contribution is 5.23. The van der Waals surface area contributed by atoms with E-state index >= 15 is 0 Å². The Morgan fingerprint density at radius 2 is 1.59 bits per heavy atom. The first-order chi connectivity index (χ1) is 10.7. The molecule has 1 aliphatic rings. The molecule has 22 heavy (non-hydrogen) atoms. The van der Waals surface area contributed by atoms with Gasteiger partial charge in [0.15, 0.2) is 0 Å². The van der Waals surface area contributed by atoms with Crippen molar-refractivity contribution < 1.29 is 4.39 Å². The van der Waals surface area contributed by atoms with E-state index in [2.05, 4.69) is 42.2 Å². The summed E-state index contributed by atoms with van der Waals surface area (Å²) in [4.78, 5) is 2.47. The zero-order valence-corrected chi connectivity index (χ0v) is 13.8. The monoisotopic (exact) mass is 299 g/mol. The Balaban J connectivity index is 0.000000847. The molecule has 0 N–H and O–H groups in total. The molecule has 1 saturated heterocycles. The van der Waals surface area contributed by atoms with Gasteiger partial charge in [0, 0.05) is 25.6 Å². The molecule has 0 radical (unpaired) electrons. The lowest BCUT2D eigenvalue weighted by Crippen LogP contribution is -2.20. The van der Waals surface area contributed by atoms with Gasteiger partial charge in [-0.1, -0.05) is 63.2 Å². The van der Waals surface area contributed by atoms with E-state index in [1.54, 1.807) is 12.1 Å². The normalized spacial score (nSPS) is 21.3. The minimum absolute atomic E-state index is 0.161. The van der Waals surface area contributed by atoms with E-state index in [1.807, 2.05) is 26.0 Å². The molecule has 0 bridgehead atoms. The van der Waals surface area contributed by atoms with E-state index in [-0.39, 0.29) is 5.82 Å². The van der Waals surface area contributed by atoms with Crippen molar-refractivity contribution in [3.63, 3.8) is 0 Å². The van der Waals surface area contributed by atoms with E-state index in [1.165, 1.54) is 11.1 Å². The predicted molar refractivity (Wildman–Crippen MR) is 91.4 cm³/mol. The maximum absolute atomic E-state index is 12.9. The fourth-order valence-electron chi connectivity index (χ4n) is 3.18. The molecule has 0 amide bonds. The van der Waals surface area contributed by atoms with Crippen LogP contribution < -0.4 is 0 Å². The molecule has 2 aromatic carbocycles. The van der Waals surface area contributed by atoms with Crippen LogP contribution in [0.3, 0.4) is 0 Å². The molecular weight excluding hydrogens is 273 g/mol. The number of nitrogens with zero attached hydrogens (tertiary/aromatic N) is 1. The van der Waals surface area contributed by atoms with E-state index in [0.29, 0.717) is 11.8 Å². The fraction of sp³-hybridized carbons (Fsp3) is 0.400. The molecule has 1 fully saturated rings. The zero-order chi connectivity index (χ0) is 15.9. The highest BCUT2D eigenvalue weighted by Crippen LogP contribution is 2.32. The van der Waals surface area contributed by atoms with Crippen molar-refractivity contribution in [3.8, 4) is 0 Å². The molecule has 2 unspecified atom stereocenters. The summed E-state index contributed by atoms with van der Waals surface area (Å²) in [5, 5.41) is 0. The number of hydrogen-bond donors (Lipinski definition) is 0. The Kier molecular flexibility index (Phi) is 6.14. The number of likely N-dealkylation sites (tertiary alicyclic amines) is 1. The number of rotatable bonds is 3. The number of hydrogen-bond acceptors (Lipinski definition) is 1. The fourth-order valence-corrected chi connectivity index (χ4v) is 3.18. The molecule has 2 heteroatoms. The van der Waals surface area contributed by atoms with Gasteiger partial charge in [-0.2, -0.15) is 0 Å². The highest BCUT2D eigenvalue weighted by Gasteiger charge is 2.30. The Labute approximate surface area is 133 Å². The second kappa shape index (κ2) is 8.09. The van der Waals surface area contributed by atoms with Gasteiger partial charge in [-0.05, 0) is 29.2 Å². The van der Waals surface area contributed by atoms with Crippen molar-refractivity contribution in [1.29, 1.82) is 0 Å². The standard InChI is InChI=1S/C18H20FN.C2H6/c1-14-11-20(12-15-7-9-17(19)10-8-15)13-18(14)16-5-3-2-4-6-16;1-2/h2-10,14,18H,11-13H2,1H3;1-2H3. The summed E-state index contributed by atoms with van der Waals surface area (Å²) < 4.78 is 12.9. The summed E-state index contributed by atoms with van der Waals surface area (Å²) in [6.07, 6.45) is 0. The van der Waals surface area contributed by atoms with Crippen molar-refractivity contribution in [2.75, 3.05) is 13.1 Å². The average Bonchev–Trinajstić information content (AvgIpc) is 2.93. The van der Waals surface area contributed by atoms with Crippen molar-refractivity contribution in [1.82, 2.24) is 4.90 Å². The van der Waals surface area contributed by atoms with Crippen molar-refractivity contribution in [2.24, 2.45) is 5.92 Å². The van der Waals surface area contributed by atoms with Crippen LogP contribution in [0, 0.1) is 11.7 Å². The quantitative estimate of drug-likeness (QED) is 0.763. The van der Waals surface area contributed by atoms with Crippen LogP contribution in [0.1, 0.15) is 37.8 Å². The summed E-state index contributed by atoms with van der Waals surface area (Å²) in [5.41, 5.74) is 2.62. The lowest BCUT2D eigenvalue weighted by Gasteiger charge is -2.16. The van der Waals surface area contributed by atoms with Gasteiger partial charge in [0.05, 0.1) is 0 Å². The molecular formula is C20H26FN. The van der Waals surface area contributed by atoms with Crippen LogP contribution in [0.15, 0.2) is 54.6 Å².